The lowest BCUT2D eigenvalue weighted by molar-refractivity contribution is -0.105. The highest BCUT2D eigenvalue weighted by atomic mass is 32.2. The van der Waals surface area contributed by atoms with Crippen LogP contribution in [0.4, 0.5) is 5.69 Å². The van der Waals surface area contributed by atoms with Crippen molar-refractivity contribution in [3.05, 3.63) is 52.1 Å². The van der Waals surface area contributed by atoms with Crippen molar-refractivity contribution in [1.82, 2.24) is 0 Å². The van der Waals surface area contributed by atoms with Gasteiger partial charge in [-0.05, 0) is 55.5 Å². The van der Waals surface area contributed by atoms with Crippen LogP contribution in [0, 0.1) is 27.7 Å². The van der Waals surface area contributed by atoms with Gasteiger partial charge in [0.05, 0.1) is 15.7 Å². The molecule has 0 radical (unpaired) electrons. The molecule has 1 aliphatic heterocycles. The molecule has 4 nitrogen and oxygen atoms in total. The SMILES string of the molecule is Cc1cc(C)c(S(=O)C2Cc3cccc(C)c3O2)c(C)c1NC=O. The molecule has 0 saturated heterocycles. The van der Waals surface area contributed by atoms with Crippen LogP contribution >= 0.6 is 0 Å². The number of para-hydroxylation sites is 1. The second kappa shape index (κ2) is 6.40. The van der Waals surface area contributed by atoms with Gasteiger partial charge in [-0.25, -0.2) is 0 Å². The van der Waals surface area contributed by atoms with Gasteiger partial charge in [0.1, 0.15) is 5.75 Å². The van der Waals surface area contributed by atoms with E-state index in [9.17, 15) is 9.00 Å². The first-order valence-electron chi connectivity index (χ1n) is 7.90. The molecule has 0 bridgehead atoms. The van der Waals surface area contributed by atoms with Crippen LogP contribution in [0.5, 0.6) is 5.75 Å². The van der Waals surface area contributed by atoms with E-state index in [1.54, 1.807) is 0 Å². The van der Waals surface area contributed by atoms with Gasteiger partial charge in [0.15, 0.2) is 5.44 Å². The predicted molar refractivity (Wildman–Crippen MR) is 96.0 cm³/mol. The first-order valence-corrected chi connectivity index (χ1v) is 9.12. The lowest BCUT2D eigenvalue weighted by atomic mass is 10.1. The van der Waals surface area contributed by atoms with Crippen molar-refractivity contribution in [2.75, 3.05) is 5.32 Å². The monoisotopic (exact) mass is 343 g/mol. The van der Waals surface area contributed by atoms with Gasteiger partial charge in [0, 0.05) is 12.1 Å². The molecule has 5 heteroatoms. The average Bonchev–Trinajstić information content (AvgIpc) is 2.97. The lowest BCUT2D eigenvalue weighted by Crippen LogP contribution is -2.22. The molecule has 1 N–H and O–H groups in total. The third kappa shape index (κ3) is 2.73. The van der Waals surface area contributed by atoms with Gasteiger partial charge in [0.25, 0.3) is 0 Å². The molecule has 0 aromatic heterocycles. The molecule has 2 aromatic carbocycles. The fourth-order valence-electron chi connectivity index (χ4n) is 3.40. The standard InChI is InChI=1S/C19H21NO3S/c1-11-6-5-7-15-9-16(23-18(11)15)24(22)19-13(3)8-12(2)17(14(19)4)20-10-21/h5-8,10,16H,9H2,1-4H3,(H,20,21). The molecule has 1 heterocycles. The Morgan fingerprint density at radius 2 is 1.92 bits per heavy atom. The highest BCUT2D eigenvalue weighted by Gasteiger charge is 2.31. The van der Waals surface area contributed by atoms with E-state index in [2.05, 4.69) is 5.32 Å². The van der Waals surface area contributed by atoms with Crippen LogP contribution in [-0.4, -0.2) is 16.1 Å². The zero-order valence-electron chi connectivity index (χ0n) is 14.3. The summed E-state index contributed by atoms with van der Waals surface area (Å²) in [5, 5.41) is 2.73. The molecule has 2 atom stereocenters. The van der Waals surface area contributed by atoms with Gasteiger partial charge in [-0.3, -0.25) is 9.00 Å². The summed E-state index contributed by atoms with van der Waals surface area (Å²) < 4.78 is 19.2. The molecule has 0 aliphatic carbocycles. The summed E-state index contributed by atoms with van der Waals surface area (Å²) in [7, 11) is -1.32. The Bertz CT molecular complexity index is 845. The minimum Gasteiger partial charge on any atom is -0.476 e. The van der Waals surface area contributed by atoms with E-state index < -0.39 is 16.2 Å². The van der Waals surface area contributed by atoms with Crippen LogP contribution < -0.4 is 10.1 Å². The molecular formula is C19H21NO3S. The molecule has 0 saturated carbocycles. The number of hydrogen-bond acceptors (Lipinski definition) is 3. The number of aryl methyl sites for hydroxylation is 3. The third-order valence-electron chi connectivity index (χ3n) is 4.47. The molecule has 3 rings (SSSR count). The number of hydrogen-bond donors (Lipinski definition) is 1. The molecule has 1 aliphatic rings. The summed E-state index contributed by atoms with van der Waals surface area (Å²) in [5.74, 6) is 0.851. The maximum Gasteiger partial charge on any atom is 0.211 e. The number of benzene rings is 2. The summed E-state index contributed by atoms with van der Waals surface area (Å²) >= 11 is 0. The highest BCUT2D eigenvalue weighted by molar-refractivity contribution is 7.85. The van der Waals surface area contributed by atoms with E-state index >= 15 is 0 Å². The number of rotatable bonds is 4. The topological polar surface area (TPSA) is 55.4 Å². The Morgan fingerprint density at radius 3 is 2.58 bits per heavy atom. The normalized spacial score (nSPS) is 17.1. The van der Waals surface area contributed by atoms with Crippen molar-refractivity contribution < 1.29 is 13.7 Å². The minimum absolute atomic E-state index is 0.398. The number of carbonyl (C=O) groups is 1. The van der Waals surface area contributed by atoms with Crippen molar-refractivity contribution in [3.63, 3.8) is 0 Å². The Hall–Kier alpha value is -2.14. The number of amides is 1. The van der Waals surface area contributed by atoms with E-state index in [1.807, 2.05) is 52.0 Å². The van der Waals surface area contributed by atoms with E-state index in [4.69, 9.17) is 4.74 Å². The van der Waals surface area contributed by atoms with Gasteiger partial charge in [-0.1, -0.05) is 24.3 Å². The second-order valence-corrected chi connectivity index (χ2v) is 7.74. The van der Waals surface area contributed by atoms with Crippen molar-refractivity contribution in [2.24, 2.45) is 0 Å². The molecular weight excluding hydrogens is 322 g/mol. The first kappa shape index (κ1) is 16.7. The number of anilines is 1. The number of fused-ring (bicyclic) bond motifs is 1. The Kier molecular flexibility index (Phi) is 4.45. The Labute approximate surface area is 144 Å². The van der Waals surface area contributed by atoms with Crippen LogP contribution in [-0.2, 0) is 22.0 Å². The van der Waals surface area contributed by atoms with Crippen LogP contribution in [0.3, 0.4) is 0 Å². The summed E-state index contributed by atoms with van der Waals surface area (Å²) in [6.45, 7) is 7.78. The van der Waals surface area contributed by atoms with E-state index in [1.165, 1.54) is 0 Å². The molecule has 1 amide bonds. The number of carbonyl (C=O) groups excluding carboxylic acids is 1. The van der Waals surface area contributed by atoms with Gasteiger partial charge in [0.2, 0.25) is 6.41 Å². The molecule has 2 unspecified atom stereocenters. The van der Waals surface area contributed by atoms with Crippen LogP contribution in [0.1, 0.15) is 27.8 Å². The van der Waals surface area contributed by atoms with Gasteiger partial charge >= 0.3 is 0 Å². The lowest BCUT2D eigenvalue weighted by Gasteiger charge is -2.19. The summed E-state index contributed by atoms with van der Waals surface area (Å²) in [5.41, 5.74) is 5.25. The van der Waals surface area contributed by atoms with E-state index in [0.29, 0.717) is 12.8 Å². The molecule has 24 heavy (non-hydrogen) atoms. The number of ether oxygens (including phenoxy) is 1. The van der Waals surface area contributed by atoms with E-state index in [-0.39, 0.29) is 0 Å². The second-order valence-electron chi connectivity index (χ2n) is 6.21. The summed E-state index contributed by atoms with van der Waals surface area (Å²) in [6, 6.07) is 7.98. The first-order chi connectivity index (χ1) is 11.4. The van der Waals surface area contributed by atoms with Gasteiger partial charge in [-0.2, -0.15) is 0 Å². The zero-order valence-corrected chi connectivity index (χ0v) is 15.1. The van der Waals surface area contributed by atoms with Crippen LogP contribution in [0.15, 0.2) is 29.2 Å². The summed E-state index contributed by atoms with van der Waals surface area (Å²) in [6.07, 6.45) is 1.29. The van der Waals surface area contributed by atoms with Crippen molar-refractivity contribution in [3.8, 4) is 5.75 Å². The quantitative estimate of drug-likeness (QED) is 0.864. The largest absolute Gasteiger partial charge is 0.476 e. The van der Waals surface area contributed by atoms with Crippen molar-refractivity contribution in [2.45, 2.75) is 44.4 Å². The number of nitrogens with one attached hydrogen (secondary N) is 1. The smallest absolute Gasteiger partial charge is 0.211 e. The minimum atomic E-state index is -1.32. The molecule has 0 spiro atoms. The predicted octanol–water partition coefficient (Wildman–Crippen LogP) is 3.56. The Morgan fingerprint density at radius 1 is 1.17 bits per heavy atom. The van der Waals surface area contributed by atoms with Crippen molar-refractivity contribution >= 4 is 22.9 Å². The van der Waals surface area contributed by atoms with Gasteiger partial charge < -0.3 is 10.1 Å². The molecule has 126 valence electrons. The summed E-state index contributed by atoms with van der Waals surface area (Å²) in [4.78, 5) is 11.6. The Balaban J connectivity index is 1.99. The van der Waals surface area contributed by atoms with Gasteiger partial charge in [-0.15, -0.1) is 0 Å². The maximum atomic E-state index is 13.2. The maximum absolute atomic E-state index is 13.2. The fourth-order valence-corrected chi connectivity index (χ4v) is 4.96. The average molecular weight is 343 g/mol. The van der Waals surface area contributed by atoms with Crippen LogP contribution in [0.2, 0.25) is 0 Å². The van der Waals surface area contributed by atoms with Crippen molar-refractivity contribution in [1.29, 1.82) is 0 Å². The fraction of sp³-hybridized carbons (Fsp3) is 0.316. The third-order valence-corrected chi connectivity index (χ3v) is 6.24. The zero-order chi connectivity index (χ0) is 17.4. The van der Waals surface area contributed by atoms with Crippen LogP contribution in [0.25, 0.3) is 0 Å². The van der Waals surface area contributed by atoms with E-state index in [0.717, 1.165) is 44.1 Å². The molecule has 0 fully saturated rings. The highest BCUT2D eigenvalue weighted by Crippen LogP contribution is 2.37. The molecule has 2 aromatic rings.